The Morgan fingerprint density at radius 1 is 1.16 bits per heavy atom. The largest absolute Gasteiger partial charge is 0.543 e. The third-order valence-corrected chi connectivity index (χ3v) is 12.0. The lowest BCUT2D eigenvalue weighted by molar-refractivity contribution is -0.115. The summed E-state index contributed by atoms with van der Waals surface area (Å²) in [6, 6.07) is 5.86. The highest BCUT2D eigenvalue weighted by molar-refractivity contribution is 6.74. The van der Waals surface area contributed by atoms with E-state index in [9.17, 15) is 9.59 Å². The van der Waals surface area contributed by atoms with Gasteiger partial charge in [-0.2, -0.15) is 0 Å². The zero-order chi connectivity index (χ0) is 27.8. The van der Waals surface area contributed by atoms with Gasteiger partial charge in [-0.3, -0.25) is 4.79 Å². The first-order chi connectivity index (χ1) is 18.0. The molecule has 208 valence electrons. The summed E-state index contributed by atoms with van der Waals surface area (Å²) < 4.78 is 19.2. The number of cyclic esters (lactones) is 1. The van der Waals surface area contributed by atoms with Crippen LogP contribution >= 0.6 is 0 Å². The van der Waals surface area contributed by atoms with Crippen molar-refractivity contribution in [3.8, 4) is 5.75 Å². The van der Waals surface area contributed by atoms with Crippen molar-refractivity contribution in [3.63, 3.8) is 0 Å². The van der Waals surface area contributed by atoms with Gasteiger partial charge in [0.25, 0.3) is 8.32 Å². The molecule has 1 fully saturated rings. The Morgan fingerprint density at radius 2 is 1.92 bits per heavy atom. The fraction of sp³-hybridized carbons (Fsp3) is 0.548. The zero-order valence-electron chi connectivity index (χ0n) is 23.9. The van der Waals surface area contributed by atoms with Gasteiger partial charge in [0.15, 0.2) is 0 Å². The van der Waals surface area contributed by atoms with Crippen molar-refractivity contribution in [3.05, 3.63) is 65.9 Å². The molecule has 0 unspecified atom stereocenters. The van der Waals surface area contributed by atoms with E-state index < -0.39 is 8.32 Å². The van der Waals surface area contributed by atoms with Crippen LogP contribution in [0.4, 0.5) is 0 Å². The topological polar surface area (TPSA) is 73.9 Å². The molecule has 2 bridgehead atoms. The van der Waals surface area contributed by atoms with Crippen molar-refractivity contribution in [1.82, 2.24) is 5.32 Å². The lowest BCUT2D eigenvalue weighted by atomic mass is 9.92. The van der Waals surface area contributed by atoms with E-state index in [4.69, 9.17) is 13.9 Å². The number of amides is 1. The van der Waals surface area contributed by atoms with E-state index in [-0.39, 0.29) is 35.2 Å². The fourth-order valence-corrected chi connectivity index (χ4v) is 5.53. The maximum Gasteiger partial charge on any atom is 0.342 e. The normalized spacial score (nSPS) is 22.9. The molecule has 0 aliphatic carbocycles. The van der Waals surface area contributed by atoms with Crippen LogP contribution in [0.1, 0.15) is 82.1 Å². The Hall–Kier alpha value is -2.64. The molecule has 3 rings (SSSR count). The number of hydrogen-bond donors (Lipinski definition) is 1. The van der Waals surface area contributed by atoms with Gasteiger partial charge >= 0.3 is 5.97 Å². The van der Waals surface area contributed by atoms with Gasteiger partial charge in [0, 0.05) is 25.1 Å². The van der Waals surface area contributed by atoms with Crippen molar-refractivity contribution < 1.29 is 23.5 Å². The molecule has 0 aromatic heterocycles. The third-order valence-electron chi connectivity index (χ3n) is 7.65. The van der Waals surface area contributed by atoms with E-state index in [0.29, 0.717) is 30.6 Å². The first-order valence-corrected chi connectivity index (χ1v) is 16.9. The Morgan fingerprint density at radius 3 is 2.66 bits per heavy atom. The number of ether oxygens (including phenoxy) is 2. The van der Waals surface area contributed by atoms with Crippen LogP contribution in [-0.4, -0.2) is 38.5 Å². The van der Waals surface area contributed by atoms with Gasteiger partial charge in [-0.05, 0) is 61.9 Å². The minimum absolute atomic E-state index is 0.00540. The number of carbonyl (C=O) groups excluding carboxylic acids is 2. The average Bonchev–Trinajstić information content (AvgIpc) is 2.83. The first kappa shape index (κ1) is 29.9. The van der Waals surface area contributed by atoms with Crippen molar-refractivity contribution in [2.24, 2.45) is 0 Å². The summed E-state index contributed by atoms with van der Waals surface area (Å²) in [4.78, 5) is 25.7. The predicted molar refractivity (Wildman–Crippen MR) is 155 cm³/mol. The van der Waals surface area contributed by atoms with Crippen LogP contribution < -0.4 is 9.74 Å². The molecule has 0 spiro atoms. The van der Waals surface area contributed by atoms with Crippen LogP contribution in [0.3, 0.4) is 0 Å². The molecular weight excluding hydrogens is 494 g/mol. The number of rotatable bonds is 8. The summed E-state index contributed by atoms with van der Waals surface area (Å²) in [5.41, 5.74) is 1.45. The fourth-order valence-electron chi connectivity index (χ4n) is 4.50. The van der Waals surface area contributed by atoms with Gasteiger partial charge in [-0.1, -0.05) is 64.1 Å². The zero-order valence-corrected chi connectivity index (χ0v) is 24.9. The van der Waals surface area contributed by atoms with Crippen molar-refractivity contribution >= 4 is 20.2 Å². The van der Waals surface area contributed by atoms with E-state index in [1.165, 1.54) is 6.08 Å². The predicted octanol–water partition coefficient (Wildman–Crippen LogP) is 7.02. The Bertz CT molecular complexity index is 1050. The quantitative estimate of drug-likeness (QED) is 0.166. The Labute approximate surface area is 229 Å². The van der Waals surface area contributed by atoms with Gasteiger partial charge in [-0.15, -0.1) is 0 Å². The first-order valence-electron chi connectivity index (χ1n) is 14.0. The van der Waals surface area contributed by atoms with E-state index in [0.717, 1.165) is 31.2 Å². The van der Waals surface area contributed by atoms with Crippen LogP contribution in [0, 0.1) is 0 Å². The van der Waals surface area contributed by atoms with Crippen LogP contribution in [0.2, 0.25) is 18.1 Å². The molecule has 1 saturated heterocycles. The number of esters is 1. The molecule has 3 atom stereocenters. The molecule has 2 heterocycles. The second-order valence-corrected chi connectivity index (χ2v) is 16.5. The summed E-state index contributed by atoms with van der Waals surface area (Å²) in [5.74, 6) is 0.0598. The van der Waals surface area contributed by atoms with Gasteiger partial charge in [-0.25, -0.2) is 4.79 Å². The molecule has 0 radical (unpaired) electrons. The van der Waals surface area contributed by atoms with Gasteiger partial charge in [0.2, 0.25) is 5.91 Å². The van der Waals surface area contributed by atoms with Gasteiger partial charge in [0.05, 0.1) is 12.2 Å². The lowest BCUT2D eigenvalue weighted by Gasteiger charge is -2.38. The summed E-state index contributed by atoms with van der Waals surface area (Å²) in [5, 5.41) is 2.74. The highest BCUT2D eigenvalue weighted by Crippen LogP contribution is 2.40. The smallest absolute Gasteiger partial charge is 0.342 e. The molecule has 1 amide bonds. The maximum atomic E-state index is 13.7. The molecule has 1 N–H and O–H groups in total. The average molecular weight is 540 g/mol. The van der Waals surface area contributed by atoms with Crippen molar-refractivity contribution in [2.45, 2.75) is 109 Å². The number of hydrogen-bond acceptors (Lipinski definition) is 5. The molecule has 1 aromatic carbocycles. The van der Waals surface area contributed by atoms with Crippen LogP contribution in [0.5, 0.6) is 5.75 Å². The molecule has 0 saturated carbocycles. The molecule has 2 aliphatic heterocycles. The Kier molecular flexibility index (Phi) is 10.6. The van der Waals surface area contributed by atoms with E-state index in [1.54, 1.807) is 12.3 Å². The van der Waals surface area contributed by atoms with Gasteiger partial charge < -0.3 is 19.2 Å². The summed E-state index contributed by atoms with van der Waals surface area (Å²) in [7, 11) is -2.18. The minimum Gasteiger partial charge on any atom is -0.543 e. The van der Waals surface area contributed by atoms with Crippen LogP contribution in [0.25, 0.3) is 0 Å². The number of nitrogens with one attached hydrogen (secondary N) is 1. The molecule has 1 aromatic rings. The monoisotopic (exact) mass is 539 g/mol. The minimum atomic E-state index is -2.18. The van der Waals surface area contributed by atoms with E-state index >= 15 is 0 Å². The molecule has 7 heteroatoms. The molecule has 2 aliphatic rings. The molecule has 6 nitrogen and oxygen atoms in total. The third kappa shape index (κ3) is 8.43. The Balaban J connectivity index is 1.81. The van der Waals surface area contributed by atoms with E-state index in [1.807, 2.05) is 43.4 Å². The van der Waals surface area contributed by atoms with Crippen LogP contribution in [0.15, 0.2) is 54.8 Å². The molecule has 38 heavy (non-hydrogen) atoms. The summed E-state index contributed by atoms with van der Waals surface area (Å²) in [6.07, 6.45) is 16.0. The van der Waals surface area contributed by atoms with Crippen LogP contribution in [-0.2, 0) is 20.7 Å². The number of fused-ring (bicyclic) bond motifs is 3. The second-order valence-electron chi connectivity index (χ2n) is 11.8. The highest BCUT2D eigenvalue weighted by Gasteiger charge is 2.40. The van der Waals surface area contributed by atoms with Crippen molar-refractivity contribution in [2.75, 3.05) is 0 Å². The van der Waals surface area contributed by atoms with Gasteiger partial charge in [0.1, 0.15) is 17.4 Å². The molecular formula is C31H45NO5Si. The number of carbonyl (C=O) groups is 2. The summed E-state index contributed by atoms with van der Waals surface area (Å²) in [6.45, 7) is 13.0. The summed E-state index contributed by atoms with van der Waals surface area (Å²) >= 11 is 0. The maximum absolute atomic E-state index is 13.7. The highest BCUT2D eigenvalue weighted by atomic mass is 28.4. The van der Waals surface area contributed by atoms with Crippen molar-refractivity contribution in [1.29, 1.82) is 0 Å². The number of benzene rings is 1. The lowest BCUT2D eigenvalue weighted by Crippen LogP contribution is -2.44. The van der Waals surface area contributed by atoms with E-state index in [2.05, 4.69) is 39.2 Å². The number of allylic oxidation sites excluding steroid dienone is 3. The second kappa shape index (κ2) is 13.4. The SMILES string of the molecule is CC/C=C\C=C/C(=O)N/C=C\C[C@H]1C[C@H]2CCC[C@H](Cc3cccc(O[Si](C)(C)C(C)(C)C)c3C(=O)O1)O2. The standard InChI is InChI=1S/C31H45NO5Si/c1-7-8-9-10-19-28(33)32-20-13-17-26-22-25-16-12-15-24(35-25)21-23-14-11-18-27(29(23)30(34)36-26)37-38(5,6)31(2,3)4/h8-11,13-14,18-20,24-26H,7,12,15-17,21-22H2,1-6H3,(H,32,33)/b9-8-,19-10-,20-13-/t24-,25-,26+/m1/s1.